The van der Waals surface area contributed by atoms with Gasteiger partial charge in [0.15, 0.2) is 5.78 Å². The van der Waals surface area contributed by atoms with Gasteiger partial charge in [-0.25, -0.2) is 0 Å². The van der Waals surface area contributed by atoms with E-state index in [9.17, 15) is 4.79 Å². The van der Waals surface area contributed by atoms with Gasteiger partial charge in [0.05, 0.1) is 19.2 Å². The van der Waals surface area contributed by atoms with Crippen molar-refractivity contribution in [3.63, 3.8) is 0 Å². The van der Waals surface area contributed by atoms with E-state index in [4.69, 9.17) is 4.74 Å². The van der Waals surface area contributed by atoms with Crippen LogP contribution in [0.4, 0.5) is 0 Å². The Kier molecular flexibility index (Phi) is 5.18. The smallest absolute Gasteiger partial charge is 0.180 e. The molecule has 0 bridgehead atoms. The Morgan fingerprint density at radius 1 is 1.40 bits per heavy atom. The Morgan fingerprint density at radius 3 is 2.70 bits per heavy atom. The van der Waals surface area contributed by atoms with Gasteiger partial charge in [0.25, 0.3) is 0 Å². The molecule has 0 atom stereocenters. The van der Waals surface area contributed by atoms with Crippen LogP contribution >= 0.6 is 0 Å². The number of hydrogen-bond acceptors (Lipinski definition) is 3. The highest BCUT2D eigenvalue weighted by Crippen LogP contribution is 2.27. The molecular weight excluding hydrogens is 250 g/mol. The van der Waals surface area contributed by atoms with E-state index in [1.54, 1.807) is 7.11 Å². The number of ether oxygens (including phenoxy) is 1. The van der Waals surface area contributed by atoms with E-state index >= 15 is 0 Å². The molecule has 110 valence electrons. The molecule has 0 unspecified atom stereocenters. The topological polar surface area (TPSA) is 29.5 Å². The number of likely N-dealkylation sites (N-methyl/N-ethyl adjacent to an activating group) is 1. The average Bonchev–Trinajstić information content (AvgIpc) is 2.40. The first-order valence-corrected chi connectivity index (χ1v) is 7.54. The third-order valence-electron chi connectivity index (χ3n) is 4.21. The molecule has 0 spiro atoms. The largest absolute Gasteiger partial charge is 0.496 e. The van der Waals surface area contributed by atoms with E-state index in [2.05, 4.69) is 11.8 Å². The molecule has 0 saturated heterocycles. The standard InChI is InChI=1S/C17H25NO2/c1-4-18(11-14-6-5-7-14)12-16(19)15-9-8-13(2)10-17(15)20-3/h8-10,14H,4-7,11-12H2,1-3H3. The number of hydrogen-bond donors (Lipinski definition) is 0. The Morgan fingerprint density at radius 2 is 2.15 bits per heavy atom. The van der Waals surface area contributed by atoms with Crippen molar-refractivity contribution in [2.24, 2.45) is 5.92 Å². The van der Waals surface area contributed by atoms with E-state index < -0.39 is 0 Å². The summed E-state index contributed by atoms with van der Waals surface area (Å²) in [4.78, 5) is 14.7. The van der Waals surface area contributed by atoms with Gasteiger partial charge in [0.2, 0.25) is 0 Å². The van der Waals surface area contributed by atoms with Crippen molar-refractivity contribution in [1.82, 2.24) is 4.90 Å². The van der Waals surface area contributed by atoms with Crippen LogP contribution in [0.5, 0.6) is 5.75 Å². The van der Waals surface area contributed by atoms with Gasteiger partial charge in [-0.15, -0.1) is 0 Å². The zero-order chi connectivity index (χ0) is 14.5. The van der Waals surface area contributed by atoms with E-state index in [0.29, 0.717) is 17.9 Å². The maximum Gasteiger partial charge on any atom is 0.180 e. The summed E-state index contributed by atoms with van der Waals surface area (Å²) in [5.41, 5.74) is 1.81. The van der Waals surface area contributed by atoms with Crippen LogP contribution < -0.4 is 4.74 Å². The third kappa shape index (κ3) is 3.60. The van der Waals surface area contributed by atoms with Crippen LogP contribution in [0.3, 0.4) is 0 Å². The van der Waals surface area contributed by atoms with Crippen LogP contribution in [-0.4, -0.2) is 37.4 Å². The van der Waals surface area contributed by atoms with Gasteiger partial charge in [-0.1, -0.05) is 19.4 Å². The number of aryl methyl sites for hydroxylation is 1. The first kappa shape index (κ1) is 15.0. The van der Waals surface area contributed by atoms with Crippen molar-refractivity contribution < 1.29 is 9.53 Å². The molecule has 0 aromatic heterocycles. The highest BCUT2D eigenvalue weighted by atomic mass is 16.5. The molecule has 3 nitrogen and oxygen atoms in total. The number of carbonyl (C=O) groups excluding carboxylic acids is 1. The molecule has 0 heterocycles. The number of rotatable bonds is 7. The maximum atomic E-state index is 12.5. The molecule has 1 saturated carbocycles. The molecule has 0 aliphatic heterocycles. The highest BCUT2D eigenvalue weighted by molar-refractivity contribution is 6.00. The van der Waals surface area contributed by atoms with Crippen molar-refractivity contribution in [2.45, 2.75) is 33.1 Å². The normalized spacial score (nSPS) is 15.2. The summed E-state index contributed by atoms with van der Waals surface area (Å²) < 4.78 is 5.34. The lowest BCUT2D eigenvalue weighted by molar-refractivity contribution is 0.0902. The molecule has 0 radical (unpaired) electrons. The van der Waals surface area contributed by atoms with Crippen LogP contribution in [0.1, 0.15) is 42.1 Å². The predicted molar refractivity (Wildman–Crippen MR) is 81.5 cm³/mol. The van der Waals surface area contributed by atoms with E-state index in [1.807, 2.05) is 25.1 Å². The Bertz CT molecular complexity index is 466. The number of methoxy groups -OCH3 is 1. The fourth-order valence-corrected chi connectivity index (χ4v) is 2.66. The molecule has 1 aromatic carbocycles. The minimum absolute atomic E-state index is 0.156. The minimum Gasteiger partial charge on any atom is -0.496 e. The summed E-state index contributed by atoms with van der Waals surface area (Å²) in [5.74, 6) is 1.64. The third-order valence-corrected chi connectivity index (χ3v) is 4.21. The summed E-state index contributed by atoms with van der Waals surface area (Å²) in [5, 5.41) is 0. The molecule has 20 heavy (non-hydrogen) atoms. The number of benzene rings is 1. The SMILES string of the molecule is CCN(CC(=O)c1ccc(C)cc1OC)CC1CCC1. The second-order valence-corrected chi connectivity index (χ2v) is 5.75. The number of nitrogens with zero attached hydrogens (tertiary/aromatic N) is 1. The van der Waals surface area contributed by atoms with Gasteiger partial charge >= 0.3 is 0 Å². The molecule has 1 aliphatic rings. The first-order valence-electron chi connectivity index (χ1n) is 7.54. The van der Waals surface area contributed by atoms with Crippen molar-refractivity contribution in [1.29, 1.82) is 0 Å². The van der Waals surface area contributed by atoms with Crippen LogP contribution in [0.2, 0.25) is 0 Å². The van der Waals surface area contributed by atoms with Crippen molar-refractivity contribution in [2.75, 3.05) is 26.7 Å². The lowest BCUT2D eigenvalue weighted by Gasteiger charge is -2.31. The Hall–Kier alpha value is -1.35. The number of ketones is 1. The van der Waals surface area contributed by atoms with E-state index in [0.717, 1.165) is 24.6 Å². The van der Waals surface area contributed by atoms with Gasteiger partial charge in [-0.05, 0) is 49.9 Å². The van der Waals surface area contributed by atoms with Gasteiger partial charge in [0, 0.05) is 6.54 Å². The summed E-state index contributed by atoms with van der Waals surface area (Å²) in [6.07, 6.45) is 3.99. The number of Topliss-reactive ketones (excluding diaryl/α,β-unsaturated/α-hetero) is 1. The Labute approximate surface area is 121 Å². The van der Waals surface area contributed by atoms with Gasteiger partial charge in [-0.2, -0.15) is 0 Å². The highest BCUT2D eigenvalue weighted by Gasteiger charge is 2.22. The summed E-state index contributed by atoms with van der Waals surface area (Å²) >= 11 is 0. The first-order chi connectivity index (χ1) is 9.63. The fraction of sp³-hybridized carbons (Fsp3) is 0.588. The monoisotopic (exact) mass is 275 g/mol. The second-order valence-electron chi connectivity index (χ2n) is 5.75. The van der Waals surface area contributed by atoms with Crippen LogP contribution in [-0.2, 0) is 0 Å². The lowest BCUT2D eigenvalue weighted by Crippen LogP contribution is -2.36. The fourth-order valence-electron chi connectivity index (χ4n) is 2.66. The van der Waals surface area contributed by atoms with Gasteiger partial charge in [0.1, 0.15) is 5.75 Å². The maximum absolute atomic E-state index is 12.5. The molecule has 0 N–H and O–H groups in total. The van der Waals surface area contributed by atoms with Crippen LogP contribution in [0.15, 0.2) is 18.2 Å². The minimum atomic E-state index is 0.156. The van der Waals surface area contributed by atoms with Crippen molar-refractivity contribution in [3.05, 3.63) is 29.3 Å². The lowest BCUT2D eigenvalue weighted by atomic mass is 9.85. The quantitative estimate of drug-likeness (QED) is 0.715. The number of carbonyl (C=O) groups is 1. The zero-order valence-electron chi connectivity index (χ0n) is 12.8. The molecule has 1 aliphatic carbocycles. The molecule has 3 heteroatoms. The molecule has 0 amide bonds. The van der Waals surface area contributed by atoms with Gasteiger partial charge < -0.3 is 4.74 Å². The molecular formula is C17H25NO2. The molecule has 1 fully saturated rings. The van der Waals surface area contributed by atoms with Crippen molar-refractivity contribution in [3.8, 4) is 5.75 Å². The summed E-state index contributed by atoms with van der Waals surface area (Å²) in [6, 6.07) is 5.78. The molecule has 1 aromatic rings. The van der Waals surface area contributed by atoms with E-state index in [1.165, 1.54) is 19.3 Å². The average molecular weight is 275 g/mol. The Balaban J connectivity index is 2.02. The van der Waals surface area contributed by atoms with Crippen LogP contribution in [0.25, 0.3) is 0 Å². The second kappa shape index (κ2) is 6.89. The molecule has 2 rings (SSSR count). The van der Waals surface area contributed by atoms with Crippen molar-refractivity contribution >= 4 is 5.78 Å². The van der Waals surface area contributed by atoms with Gasteiger partial charge in [-0.3, -0.25) is 9.69 Å². The van der Waals surface area contributed by atoms with Crippen LogP contribution in [0, 0.1) is 12.8 Å². The summed E-state index contributed by atoms with van der Waals surface area (Å²) in [7, 11) is 1.62. The zero-order valence-corrected chi connectivity index (χ0v) is 12.8. The summed E-state index contributed by atoms with van der Waals surface area (Å²) in [6.45, 7) is 6.60. The van der Waals surface area contributed by atoms with E-state index in [-0.39, 0.29) is 5.78 Å². The predicted octanol–water partition coefficient (Wildman–Crippen LogP) is 3.31.